The highest BCUT2D eigenvalue weighted by Gasteiger charge is 2.19. The molecule has 0 saturated carbocycles. The molecule has 0 amide bonds. The van der Waals surface area contributed by atoms with Gasteiger partial charge in [-0.25, -0.2) is 14.8 Å². The maximum absolute atomic E-state index is 11.4. The fourth-order valence-corrected chi connectivity index (χ4v) is 2.51. The van der Waals surface area contributed by atoms with Crippen LogP contribution in [0, 0.1) is 0 Å². The summed E-state index contributed by atoms with van der Waals surface area (Å²) in [6, 6.07) is 7.00. The Labute approximate surface area is 143 Å². The number of hydrogen-bond acceptors (Lipinski definition) is 6. The average Bonchev–Trinajstić information content (AvgIpc) is 2.61. The molecule has 1 fully saturated rings. The minimum absolute atomic E-state index is 0.00870. The number of rotatable bonds is 5. The van der Waals surface area contributed by atoms with Crippen LogP contribution in [0.5, 0.6) is 5.75 Å². The van der Waals surface area contributed by atoms with Crippen LogP contribution in [0.1, 0.15) is 16.1 Å². The lowest BCUT2D eigenvalue weighted by atomic mass is 10.2. The van der Waals surface area contributed by atoms with Crippen molar-refractivity contribution in [1.82, 2.24) is 9.97 Å². The summed E-state index contributed by atoms with van der Waals surface area (Å²) >= 11 is 6.05. The fourth-order valence-electron chi connectivity index (χ4n) is 2.32. The molecular weight excluding hydrogens is 334 g/mol. The zero-order valence-electron chi connectivity index (χ0n) is 12.8. The SMILES string of the molecule is O=C(O)c1cnc(N2CCOCC2)nc1COc1ccccc1Cl. The molecule has 1 N–H and O–H groups in total. The van der Waals surface area contributed by atoms with Gasteiger partial charge in [-0.1, -0.05) is 23.7 Å². The summed E-state index contributed by atoms with van der Waals surface area (Å²) in [6.45, 7) is 2.50. The molecule has 0 aliphatic carbocycles. The van der Waals surface area contributed by atoms with Crippen LogP contribution in [-0.2, 0) is 11.3 Å². The molecule has 1 saturated heterocycles. The van der Waals surface area contributed by atoms with E-state index in [9.17, 15) is 9.90 Å². The molecule has 1 aromatic carbocycles. The number of morpholine rings is 1. The number of benzene rings is 1. The monoisotopic (exact) mass is 349 g/mol. The Kier molecular flexibility index (Phi) is 5.12. The number of nitrogens with zero attached hydrogens (tertiary/aromatic N) is 3. The van der Waals surface area contributed by atoms with E-state index in [1.807, 2.05) is 4.90 Å². The van der Waals surface area contributed by atoms with E-state index in [1.54, 1.807) is 24.3 Å². The first-order valence-corrected chi connectivity index (χ1v) is 7.82. The van der Waals surface area contributed by atoms with Crippen LogP contribution in [0.4, 0.5) is 5.95 Å². The number of aromatic nitrogens is 2. The lowest BCUT2D eigenvalue weighted by molar-refractivity contribution is 0.0692. The number of anilines is 1. The molecule has 1 aliphatic heterocycles. The van der Waals surface area contributed by atoms with Crippen LogP contribution < -0.4 is 9.64 Å². The van der Waals surface area contributed by atoms with E-state index in [2.05, 4.69) is 9.97 Å². The number of para-hydroxylation sites is 1. The van der Waals surface area contributed by atoms with Crippen LogP contribution in [0.3, 0.4) is 0 Å². The van der Waals surface area contributed by atoms with Crippen LogP contribution in [0.15, 0.2) is 30.5 Å². The molecule has 2 aromatic rings. The Bertz CT molecular complexity index is 735. The summed E-state index contributed by atoms with van der Waals surface area (Å²) in [6.07, 6.45) is 1.31. The quantitative estimate of drug-likeness (QED) is 0.886. The molecule has 126 valence electrons. The van der Waals surface area contributed by atoms with Crippen molar-refractivity contribution in [2.45, 2.75) is 6.61 Å². The number of aromatic carboxylic acids is 1. The maximum atomic E-state index is 11.4. The number of hydrogen-bond donors (Lipinski definition) is 1. The van der Waals surface area contributed by atoms with Crippen molar-refractivity contribution < 1.29 is 19.4 Å². The summed E-state index contributed by atoms with van der Waals surface area (Å²) in [7, 11) is 0. The Hall–Kier alpha value is -2.38. The molecule has 0 atom stereocenters. The third-order valence-electron chi connectivity index (χ3n) is 3.58. The lowest BCUT2D eigenvalue weighted by Crippen LogP contribution is -2.37. The van der Waals surface area contributed by atoms with Gasteiger partial charge in [0.1, 0.15) is 17.9 Å². The van der Waals surface area contributed by atoms with Gasteiger partial charge >= 0.3 is 5.97 Å². The molecule has 1 aliphatic rings. The summed E-state index contributed by atoms with van der Waals surface area (Å²) < 4.78 is 10.9. The molecule has 0 spiro atoms. The Morgan fingerprint density at radius 1 is 1.33 bits per heavy atom. The van der Waals surface area contributed by atoms with Crippen LogP contribution in [0.25, 0.3) is 0 Å². The van der Waals surface area contributed by atoms with Crippen molar-refractivity contribution >= 4 is 23.5 Å². The van der Waals surface area contributed by atoms with Crippen LogP contribution >= 0.6 is 11.6 Å². The van der Waals surface area contributed by atoms with Crippen molar-refractivity contribution in [3.05, 3.63) is 46.7 Å². The molecule has 2 heterocycles. The second-order valence-electron chi connectivity index (χ2n) is 5.15. The number of carboxylic acid groups (broad SMARTS) is 1. The van der Waals surface area contributed by atoms with E-state index in [-0.39, 0.29) is 12.2 Å². The minimum Gasteiger partial charge on any atom is -0.486 e. The summed E-state index contributed by atoms with van der Waals surface area (Å²) in [5, 5.41) is 9.78. The van der Waals surface area contributed by atoms with E-state index in [4.69, 9.17) is 21.1 Å². The van der Waals surface area contributed by atoms with Gasteiger partial charge in [-0.05, 0) is 12.1 Å². The van der Waals surface area contributed by atoms with Gasteiger partial charge < -0.3 is 19.5 Å². The zero-order valence-corrected chi connectivity index (χ0v) is 13.6. The number of ether oxygens (including phenoxy) is 2. The average molecular weight is 350 g/mol. The van der Waals surface area contributed by atoms with Gasteiger partial charge in [0.25, 0.3) is 0 Å². The highest BCUT2D eigenvalue weighted by atomic mass is 35.5. The van der Waals surface area contributed by atoms with Gasteiger partial charge in [0.05, 0.1) is 23.9 Å². The van der Waals surface area contributed by atoms with E-state index in [0.29, 0.717) is 48.7 Å². The second-order valence-corrected chi connectivity index (χ2v) is 5.56. The van der Waals surface area contributed by atoms with Gasteiger partial charge in [-0.2, -0.15) is 0 Å². The van der Waals surface area contributed by atoms with E-state index >= 15 is 0 Å². The molecular formula is C16H16ClN3O4. The van der Waals surface area contributed by atoms with Crippen molar-refractivity contribution in [1.29, 1.82) is 0 Å². The van der Waals surface area contributed by atoms with E-state index in [0.717, 1.165) is 0 Å². The Balaban J connectivity index is 1.83. The molecule has 8 heteroatoms. The molecule has 1 aromatic heterocycles. The molecule has 24 heavy (non-hydrogen) atoms. The normalized spacial score (nSPS) is 14.5. The van der Waals surface area contributed by atoms with Gasteiger partial charge in [0.15, 0.2) is 0 Å². The second kappa shape index (κ2) is 7.46. The van der Waals surface area contributed by atoms with Crippen LogP contribution in [-0.4, -0.2) is 47.3 Å². The summed E-state index contributed by atoms with van der Waals surface area (Å²) in [5.74, 6) is -0.149. The predicted octanol–water partition coefficient (Wildman–Crippen LogP) is 2.24. The minimum atomic E-state index is -1.10. The van der Waals surface area contributed by atoms with Gasteiger partial charge in [0, 0.05) is 19.3 Å². The smallest absolute Gasteiger partial charge is 0.339 e. The number of carboxylic acids is 1. The van der Waals surface area contributed by atoms with E-state index < -0.39 is 5.97 Å². The van der Waals surface area contributed by atoms with E-state index in [1.165, 1.54) is 6.20 Å². The summed E-state index contributed by atoms with van der Waals surface area (Å²) in [5.41, 5.74) is 0.318. The first-order valence-electron chi connectivity index (χ1n) is 7.44. The van der Waals surface area contributed by atoms with Crippen molar-refractivity contribution in [3.8, 4) is 5.75 Å². The highest BCUT2D eigenvalue weighted by molar-refractivity contribution is 6.32. The molecule has 0 bridgehead atoms. The molecule has 7 nitrogen and oxygen atoms in total. The first kappa shape index (κ1) is 16.5. The van der Waals surface area contributed by atoms with Crippen LogP contribution in [0.2, 0.25) is 5.02 Å². The lowest BCUT2D eigenvalue weighted by Gasteiger charge is -2.27. The third kappa shape index (κ3) is 3.74. The van der Waals surface area contributed by atoms with Gasteiger partial charge in [-0.3, -0.25) is 0 Å². The summed E-state index contributed by atoms with van der Waals surface area (Å²) in [4.78, 5) is 21.9. The molecule has 3 rings (SSSR count). The van der Waals surface area contributed by atoms with Crippen molar-refractivity contribution in [3.63, 3.8) is 0 Å². The van der Waals surface area contributed by atoms with Crippen molar-refractivity contribution in [2.24, 2.45) is 0 Å². The van der Waals surface area contributed by atoms with Crippen molar-refractivity contribution in [2.75, 3.05) is 31.2 Å². The predicted molar refractivity (Wildman–Crippen MR) is 87.8 cm³/mol. The van der Waals surface area contributed by atoms with Gasteiger partial charge in [-0.15, -0.1) is 0 Å². The largest absolute Gasteiger partial charge is 0.486 e. The topological polar surface area (TPSA) is 84.8 Å². The van der Waals surface area contributed by atoms with Gasteiger partial charge in [0.2, 0.25) is 5.95 Å². The molecule has 0 unspecified atom stereocenters. The molecule has 0 radical (unpaired) electrons. The fraction of sp³-hybridized carbons (Fsp3) is 0.312. The number of carbonyl (C=O) groups is 1. The third-order valence-corrected chi connectivity index (χ3v) is 3.89. The first-order chi connectivity index (χ1) is 11.6. The maximum Gasteiger partial charge on any atom is 0.339 e. The Morgan fingerprint density at radius 3 is 2.79 bits per heavy atom. The Morgan fingerprint density at radius 2 is 2.08 bits per heavy atom. The zero-order chi connectivity index (χ0) is 16.9. The number of halogens is 1. The highest BCUT2D eigenvalue weighted by Crippen LogP contribution is 2.24. The standard InChI is InChI=1S/C16H16ClN3O4/c17-12-3-1-2-4-14(12)24-10-13-11(15(21)22)9-18-16(19-13)20-5-7-23-8-6-20/h1-4,9H,5-8,10H2,(H,21,22).